The standard InChI is InChI=1S/C21H25N3O4S/c1-15(29-4)23(13-16-5-9-18(27-2)10-6-16)21(26)24(20(22)25)14-17-7-11-19(28-3)12-8-17/h5-12H,1,13-14H2,2-4H3,(H2,22,25). The van der Waals surface area contributed by atoms with Crippen molar-refractivity contribution in [2.45, 2.75) is 13.1 Å². The molecule has 2 rings (SSSR count). The second kappa shape index (κ2) is 10.4. The maximum absolute atomic E-state index is 13.2. The van der Waals surface area contributed by atoms with Gasteiger partial charge >= 0.3 is 12.1 Å². The highest BCUT2D eigenvalue weighted by Crippen LogP contribution is 2.23. The number of ether oxygens (including phenoxy) is 2. The summed E-state index contributed by atoms with van der Waals surface area (Å²) < 4.78 is 10.3. The first-order valence-corrected chi connectivity index (χ1v) is 9.99. The molecular weight excluding hydrogens is 390 g/mol. The lowest BCUT2D eigenvalue weighted by Crippen LogP contribution is -2.47. The number of amides is 4. The Morgan fingerprint density at radius 1 is 0.897 bits per heavy atom. The first-order valence-electron chi connectivity index (χ1n) is 8.76. The summed E-state index contributed by atoms with van der Waals surface area (Å²) in [7, 11) is 3.16. The van der Waals surface area contributed by atoms with Crippen LogP contribution >= 0.6 is 11.8 Å². The summed E-state index contributed by atoms with van der Waals surface area (Å²) in [6, 6.07) is 13.0. The van der Waals surface area contributed by atoms with Gasteiger partial charge in [0.2, 0.25) is 0 Å². The van der Waals surface area contributed by atoms with E-state index in [9.17, 15) is 9.59 Å². The van der Waals surface area contributed by atoms with E-state index >= 15 is 0 Å². The molecule has 154 valence electrons. The zero-order chi connectivity index (χ0) is 21.4. The van der Waals surface area contributed by atoms with E-state index in [-0.39, 0.29) is 13.1 Å². The maximum atomic E-state index is 13.2. The molecule has 0 bridgehead atoms. The minimum Gasteiger partial charge on any atom is -0.497 e. The van der Waals surface area contributed by atoms with E-state index in [2.05, 4.69) is 6.58 Å². The Kier molecular flexibility index (Phi) is 7.97. The quantitative estimate of drug-likeness (QED) is 0.703. The zero-order valence-electron chi connectivity index (χ0n) is 16.8. The van der Waals surface area contributed by atoms with Gasteiger partial charge in [0, 0.05) is 0 Å². The summed E-state index contributed by atoms with van der Waals surface area (Å²) in [6.45, 7) is 4.23. The number of carbonyl (C=O) groups is 2. The second-order valence-electron chi connectivity index (χ2n) is 6.09. The highest BCUT2D eigenvalue weighted by Gasteiger charge is 2.27. The van der Waals surface area contributed by atoms with Crippen molar-refractivity contribution in [2.24, 2.45) is 5.73 Å². The average Bonchev–Trinajstić information content (AvgIpc) is 2.75. The molecule has 4 amide bonds. The number of nitrogens with two attached hydrogens (primary N) is 1. The molecule has 0 aliphatic carbocycles. The fraction of sp³-hybridized carbons (Fsp3) is 0.238. The van der Waals surface area contributed by atoms with Gasteiger partial charge in [-0.25, -0.2) is 14.5 Å². The highest BCUT2D eigenvalue weighted by molar-refractivity contribution is 8.02. The van der Waals surface area contributed by atoms with Crippen molar-refractivity contribution in [3.8, 4) is 11.5 Å². The first-order chi connectivity index (χ1) is 13.9. The van der Waals surface area contributed by atoms with E-state index in [0.717, 1.165) is 16.0 Å². The summed E-state index contributed by atoms with van der Waals surface area (Å²) in [6.07, 6.45) is 1.81. The molecule has 0 unspecified atom stereocenters. The molecule has 2 N–H and O–H groups in total. The predicted molar refractivity (Wildman–Crippen MR) is 115 cm³/mol. The summed E-state index contributed by atoms with van der Waals surface area (Å²) >= 11 is 1.32. The summed E-state index contributed by atoms with van der Waals surface area (Å²) in [5.74, 6) is 1.40. The van der Waals surface area contributed by atoms with Crippen molar-refractivity contribution in [1.82, 2.24) is 9.80 Å². The number of urea groups is 2. The molecule has 0 saturated heterocycles. The van der Waals surface area contributed by atoms with Crippen LogP contribution in [-0.4, -0.2) is 42.3 Å². The van der Waals surface area contributed by atoms with Gasteiger partial charge in [-0.1, -0.05) is 30.8 Å². The SMILES string of the molecule is C=C(SC)N(Cc1ccc(OC)cc1)C(=O)N(Cc1ccc(OC)cc1)C(N)=O. The zero-order valence-corrected chi connectivity index (χ0v) is 17.6. The maximum Gasteiger partial charge on any atom is 0.333 e. The lowest BCUT2D eigenvalue weighted by molar-refractivity contribution is 0.166. The number of methoxy groups -OCH3 is 2. The Balaban J connectivity index is 2.24. The van der Waals surface area contributed by atoms with E-state index in [1.807, 2.05) is 30.5 Å². The number of thioether (sulfide) groups is 1. The monoisotopic (exact) mass is 415 g/mol. The van der Waals surface area contributed by atoms with Gasteiger partial charge in [-0.15, -0.1) is 11.8 Å². The van der Waals surface area contributed by atoms with Crippen LogP contribution in [0.25, 0.3) is 0 Å². The molecule has 7 nitrogen and oxygen atoms in total. The number of carbonyl (C=O) groups excluding carboxylic acids is 2. The number of hydrogen-bond acceptors (Lipinski definition) is 5. The molecule has 0 aliphatic rings. The van der Waals surface area contributed by atoms with Crippen LogP contribution in [0, 0.1) is 0 Å². The molecule has 0 aromatic heterocycles. The van der Waals surface area contributed by atoms with Crippen LogP contribution in [0.2, 0.25) is 0 Å². The third kappa shape index (κ3) is 5.92. The van der Waals surface area contributed by atoms with Crippen molar-refractivity contribution in [2.75, 3.05) is 20.5 Å². The van der Waals surface area contributed by atoms with E-state index in [4.69, 9.17) is 15.2 Å². The fourth-order valence-corrected chi connectivity index (χ4v) is 2.95. The number of imide groups is 1. The Morgan fingerprint density at radius 3 is 1.66 bits per heavy atom. The van der Waals surface area contributed by atoms with Crippen molar-refractivity contribution in [3.63, 3.8) is 0 Å². The third-order valence-electron chi connectivity index (χ3n) is 4.26. The van der Waals surface area contributed by atoms with E-state index in [1.54, 1.807) is 38.5 Å². The smallest absolute Gasteiger partial charge is 0.333 e. The first kappa shape index (κ1) is 22.2. The minimum absolute atomic E-state index is 0.0406. The second-order valence-corrected chi connectivity index (χ2v) is 6.97. The van der Waals surface area contributed by atoms with Crippen LogP contribution in [0.1, 0.15) is 11.1 Å². The number of hydrogen-bond donors (Lipinski definition) is 1. The van der Waals surface area contributed by atoms with Gasteiger partial charge in [0.1, 0.15) is 11.5 Å². The number of rotatable bonds is 8. The van der Waals surface area contributed by atoms with Crippen LogP contribution in [0.15, 0.2) is 60.1 Å². The summed E-state index contributed by atoms with van der Waals surface area (Å²) in [4.78, 5) is 27.6. The Labute approximate surface area is 175 Å². The predicted octanol–water partition coefficient (Wildman–Crippen LogP) is 4.04. The van der Waals surface area contributed by atoms with Crippen molar-refractivity contribution >= 4 is 23.8 Å². The third-order valence-corrected chi connectivity index (χ3v) is 4.96. The Bertz CT molecular complexity index is 853. The highest BCUT2D eigenvalue weighted by atomic mass is 32.2. The van der Waals surface area contributed by atoms with Crippen LogP contribution < -0.4 is 15.2 Å². The van der Waals surface area contributed by atoms with Crippen molar-refractivity contribution < 1.29 is 19.1 Å². The fourth-order valence-electron chi connectivity index (χ4n) is 2.59. The largest absolute Gasteiger partial charge is 0.497 e. The van der Waals surface area contributed by atoms with E-state index in [0.29, 0.717) is 16.5 Å². The van der Waals surface area contributed by atoms with Crippen molar-refractivity contribution in [1.29, 1.82) is 0 Å². The normalized spacial score (nSPS) is 10.2. The molecular formula is C21H25N3O4S. The van der Waals surface area contributed by atoms with Gasteiger partial charge in [-0.2, -0.15) is 0 Å². The Morgan fingerprint density at radius 2 is 1.31 bits per heavy atom. The number of primary amides is 1. The topological polar surface area (TPSA) is 85.1 Å². The molecule has 0 spiro atoms. The summed E-state index contributed by atoms with van der Waals surface area (Å²) in [5.41, 5.74) is 7.13. The van der Waals surface area contributed by atoms with Gasteiger partial charge in [-0.3, -0.25) is 4.90 Å². The molecule has 0 fully saturated rings. The molecule has 0 heterocycles. The summed E-state index contributed by atoms with van der Waals surface area (Å²) in [5, 5.41) is 0.506. The van der Waals surface area contributed by atoms with Gasteiger partial charge < -0.3 is 15.2 Å². The molecule has 0 atom stereocenters. The average molecular weight is 416 g/mol. The molecule has 0 radical (unpaired) electrons. The van der Waals surface area contributed by atoms with Gasteiger partial charge in [0.05, 0.1) is 32.3 Å². The van der Waals surface area contributed by atoms with Gasteiger partial charge in [0.15, 0.2) is 0 Å². The lowest BCUT2D eigenvalue weighted by Gasteiger charge is -2.29. The van der Waals surface area contributed by atoms with E-state index < -0.39 is 12.1 Å². The van der Waals surface area contributed by atoms with Crippen LogP contribution in [-0.2, 0) is 13.1 Å². The molecule has 2 aromatic rings. The van der Waals surface area contributed by atoms with Crippen molar-refractivity contribution in [3.05, 3.63) is 71.3 Å². The van der Waals surface area contributed by atoms with Gasteiger partial charge in [0.25, 0.3) is 0 Å². The van der Waals surface area contributed by atoms with Crippen LogP contribution in [0.3, 0.4) is 0 Å². The molecule has 8 heteroatoms. The van der Waals surface area contributed by atoms with Crippen LogP contribution in [0.4, 0.5) is 9.59 Å². The molecule has 0 aliphatic heterocycles. The molecule has 29 heavy (non-hydrogen) atoms. The van der Waals surface area contributed by atoms with Crippen LogP contribution in [0.5, 0.6) is 11.5 Å². The molecule has 2 aromatic carbocycles. The molecule has 0 saturated carbocycles. The number of benzene rings is 2. The Hall–Kier alpha value is -3.13. The van der Waals surface area contributed by atoms with E-state index in [1.165, 1.54) is 16.7 Å². The lowest BCUT2D eigenvalue weighted by atomic mass is 10.2. The number of nitrogens with zero attached hydrogens (tertiary/aromatic N) is 2. The minimum atomic E-state index is -0.834. The van der Waals surface area contributed by atoms with Gasteiger partial charge in [-0.05, 0) is 41.6 Å².